The molecule has 3 aromatic carbocycles. The van der Waals surface area contributed by atoms with E-state index in [-0.39, 0.29) is 12.5 Å². The van der Waals surface area contributed by atoms with E-state index in [4.69, 9.17) is 18.9 Å². The Kier molecular flexibility index (Phi) is 6.52. The Bertz CT molecular complexity index is 1030. The van der Waals surface area contributed by atoms with Gasteiger partial charge in [0.1, 0.15) is 5.75 Å². The third-order valence-electron chi connectivity index (χ3n) is 4.22. The molecule has 3 rings (SSSR count). The van der Waals surface area contributed by atoms with Crippen molar-refractivity contribution in [1.29, 1.82) is 0 Å². The average molecular weight is 394 g/mol. The predicted molar refractivity (Wildman–Crippen MR) is 111 cm³/mol. The molecule has 0 spiro atoms. The van der Waals surface area contributed by atoms with Crippen LogP contribution in [0.2, 0.25) is 0 Å². The molecule has 29 heavy (non-hydrogen) atoms. The molecule has 0 atom stereocenters. The van der Waals surface area contributed by atoms with Crippen LogP contribution in [-0.4, -0.2) is 40.1 Å². The number of carbonyl (C=O) groups excluding carboxylic acids is 1. The number of benzene rings is 3. The molecule has 0 saturated heterocycles. The zero-order valence-corrected chi connectivity index (χ0v) is 16.5. The van der Waals surface area contributed by atoms with Gasteiger partial charge in [-0.3, -0.25) is 4.79 Å². The first-order valence-corrected chi connectivity index (χ1v) is 8.88. The molecular formula is C22H22N2O5. The third kappa shape index (κ3) is 4.76. The number of hydrogen-bond acceptors (Lipinski definition) is 6. The summed E-state index contributed by atoms with van der Waals surface area (Å²) in [6, 6.07) is 17.1. The fraction of sp³-hybridized carbons (Fsp3) is 0.182. The van der Waals surface area contributed by atoms with Gasteiger partial charge < -0.3 is 18.9 Å². The second kappa shape index (κ2) is 9.45. The van der Waals surface area contributed by atoms with Crippen LogP contribution in [0, 0.1) is 0 Å². The summed E-state index contributed by atoms with van der Waals surface area (Å²) in [5, 5.41) is 6.12. The minimum Gasteiger partial charge on any atom is -0.493 e. The zero-order chi connectivity index (χ0) is 20.6. The van der Waals surface area contributed by atoms with E-state index in [9.17, 15) is 4.79 Å². The second-order valence-electron chi connectivity index (χ2n) is 6.01. The minimum absolute atomic E-state index is 0.154. The maximum Gasteiger partial charge on any atom is 0.277 e. The van der Waals surface area contributed by atoms with E-state index in [1.54, 1.807) is 19.2 Å². The Labute approximate surface area is 168 Å². The van der Waals surface area contributed by atoms with Crippen molar-refractivity contribution in [3.8, 4) is 23.0 Å². The smallest absolute Gasteiger partial charge is 0.277 e. The Hall–Kier alpha value is -3.74. The van der Waals surface area contributed by atoms with Crippen molar-refractivity contribution < 1.29 is 23.7 Å². The van der Waals surface area contributed by atoms with Crippen LogP contribution < -0.4 is 24.4 Å². The second-order valence-corrected chi connectivity index (χ2v) is 6.01. The monoisotopic (exact) mass is 394 g/mol. The summed E-state index contributed by atoms with van der Waals surface area (Å²) in [6.07, 6.45) is 1.47. The van der Waals surface area contributed by atoms with Crippen LogP contribution in [0.3, 0.4) is 0 Å². The molecule has 0 bridgehead atoms. The first-order chi connectivity index (χ1) is 14.2. The molecule has 7 nitrogen and oxygen atoms in total. The summed E-state index contributed by atoms with van der Waals surface area (Å²) in [5.41, 5.74) is 3.06. The first-order valence-electron chi connectivity index (χ1n) is 8.88. The molecular weight excluding hydrogens is 372 g/mol. The molecule has 0 aliphatic rings. The fourth-order valence-electron chi connectivity index (χ4n) is 2.84. The predicted octanol–water partition coefficient (Wildman–Crippen LogP) is 3.39. The summed E-state index contributed by atoms with van der Waals surface area (Å²) in [6.45, 7) is -0.154. The van der Waals surface area contributed by atoms with Crippen LogP contribution in [0.25, 0.3) is 10.8 Å². The van der Waals surface area contributed by atoms with Crippen molar-refractivity contribution >= 4 is 22.9 Å². The highest BCUT2D eigenvalue weighted by atomic mass is 16.5. The number of nitrogens with zero attached hydrogens (tertiary/aromatic N) is 1. The largest absolute Gasteiger partial charge is 0.493 e. The topological polar surface area (TPSA) is 78.4 Å². The summed E-state index contributed by atoms with van der Waals surface area (Å²) in [4.78, 5) is 12.0. The van der Waals surface area contributed by atoms with E-state index in [1.165, 1.54) is 20.4 Å². The lowest BCUT2D eigenvalue weighted by Gasteiger charge is -2.13. The van der Waals surface area contributed by atoms with Crippen LogP contribution in [-0.2, 0) is 4.79 Å². The van der Waals surface area contributed by atoms with E-state index >= 15 is 0 Å². The molecule has 0 unspecified atom stereocenters. The van der Waals surface area contributed by atoms with Gasteiger partial charge in [0.15, 0.2) is 18.1 Å². The lowest BCUT2D eigenvalue weighted by atomic mass is 10.1. The number of nitrogens with one attached hydrogen (secondary N) is 1. The number of fused-ring (bicyclic) bond motifs is 1. The molecule has 0 saturated carbocycles. The van der Waals surface area contributed by atoms with Crippen LogP contribution in [0.5, 0.6) is 23.0 Å². The fourth-order valence-corrected chi connectivity index (χ4v) is 2.84. The van der Waals surface area contributed by atoms with Gasteiger partial charge in [-0.2, -0.15) is 5.10 Å². The van der Waals surface area contributed by atoms with Gasteiger partial charge >= 0.3 is 0 Å². The highest BCUT2D eigenvalue weighted by Gasteiger charge is 2.14. The molecule has 0 fully saturated rings. The van der Waals surface area contributed by atoms with Crippen LogP contribution in [0.15, 0.2) is 59.7 Å². The van der Waals surface area contributed by atoms with Crippen molar-refractivity contribution in [3.63, 3.8) is 0 Å². The number of ether oxygens (including phenoxy) is 4. The molecule has 0 aliphatic carbocycles. The van der Waals surface area contributed by atoms with E-state index in [0.717, 1.165) is 10.8 Å². The number of methoxy groups -OCH3 is 3. The van der Waals surface area contributed by atoms with Crippen molar-refractivity contribution in [2.75, 3.05) is 27.9 Å². The number of hydrazone groups is 1. The normalized spacial score (nSPS) is 10.7. The van der Waals surface area contributed by atoms with Gasteiger partial charge in [-0.1, -0.05) is 30.3 Å². The van der Waals surface area contributed by atoms with Crippen molar-refractivity contribution in [2.45, 2.75) is 0 Å². The van der Waals surface area contributed by atoms with E-state index in [0.29, 0.717) is 28.6 Å². The molecule has 0 heterocycles. The van der Waals surface area contributed by atoms with E-state index in [1.807, 2.05) is 42.5 Å². The third-order valence-corrected chi connectivity index (χ3v) is 4.22. The summed E-state index contributed by atoms with van der Waals surface area (Å²) < 4.78 is 21.5. The Morgan fingerprint density at radius 3 is 2.41 bits per heavy atom. The number of rotatable bonds is 8. The van der Waals surface area contributed by atoms with Gasteiger partial charge in [-0.15, -0.1) is 0 Å². The van der Waals surface area contributed by atoms with Crippen LogP contribution in [0.4, 0.5) is 0 Å². The van der Waals surface area contributed by atoms with Crippen LogP contribution >= 0.6 is 0 Å². The lowest BCUT2D eigenvalue weighted by Crippen LogP contribution is -2.24. The number of amides is 1. The molecule has 150 valence electrons. The van der Waals surface area contributed by atoms with E-state index in [2.05, 4.69) is 10.5 Å². The zero-order valence-electron chi connectivity index (χ0n) is 16.5. The summed E-state index contributed by atoms with van der Waals surface area (Å²) in [5.74, 6) is 1.68. The van der Waals surface area contributed by atoms with Gasteiger partial charge in [0.05, 0.1) is 27.5 Å². The SMILES string of the molecule is COc1ccc(/C=N\NC(=O)COc2ccc3ccccc3c2)c(OC)c1OC. The Morgan fingerprint density at radius 2 is 1.69 bits per heavy atom. The molecule has 7 heteroatoms. The van der Waals surface area contributed by atoms with Crippen molar-refractivity contribution in [2.24, 2.45) is 5.10 Å². The quantitative estimate of drug-likeness (QED) is 0.468. The molecule has 3 aromatic rings. The summed E-state index contributed by atoms with van der Waals surface area (Å²) in [7, 11) is 4.58. The van der Waals surface area contributed by atoms with Gasteiger partial charge in [-0.05, 0) is 35.0 Å². The van der Waals surface area contributed by atoms with E-state index < -0.39 is 0 Å². The van der Waals surface area contributed by atoms with Gasteiger partial charge in [0, 0.05) is 5.56 Å². The molecule has 0 aromatic heterocycles. The first kappa shape index (κ1) is 20.0. The van der Waals surface area contributed by atoms with Crippen molar-refractivity contribution in [3.05, 3.63) is 60.2 Å². The van der Waals surface area contributed by atoms with Crippen molar-refractivity contribution in [1.82, 2.24) is 5.43 Å². The highest BCUT2D eigenvalue weighted by molar-refractivity contribution is 5.88. The van der Waals surface area contributed by atoms with Crippen LogP contribution in [0.1, 0.15) is 5.56 Å². The Morgan fingerprint density at radius 1 is 0.931 bits per heavy atom. The molecule has 0 radical (unpaired) electrons. The summed E-state index contributed by atoms with van der Waals surface area (Å²) >= 11 is 0. The maximum absolute atomic E-state index is 12.0. The lowest BCUT2D eigenvalue weighted by molar-refractivity contribution is -0.123. The number of hydrogen-bond donors (Lipinski definition) is 1. The molecule has 0 aliphatic heterocycles. The Balaban J connectivity index is 1.60. The molecule has 1 amide bonds. The highest BCUT2D eigenvalue weighted by Crippen LogP contribution is 2.38. The van der Waals surface area contributed by atoms with Gasteiger partial charge in [-0.25, -0.2) is 5.43 Å². The minimum atomic E-state index is -0.381. The van der Waals surface area contributed by atoms with Gasteiger partial charge in [0.2, 0.25) is 5.75 Å². The maximum atomic E-state index is 12.0. The number of carbonyl (C=O) groups is 1. The molecule has 1 N–H and O–H groups in total. The van der Waals surface area contributed by atoms with Gasteiger partial charge in [0.25, 0.3) is 5.91 Å². The average Bonchev–Trinajstić information content (AvgIpc) is 2.76. The standard InChI is InChI=1S/C22H22N2O5/c1-26-19-11-9-17(21(27-2)22(19)28-3)13-23-24-20(25)14-29-18-10-8-15-6-4-5-7-16(15)12-18/h4-13H,14H2,1-3H3,(H,24,25)/b23-13-.